The molecule has 1 heterocycles. The highest BCUT2D eigenvalue weighted by molar-refractivity contribution is 5.26. The summed E-state index contributed by atoms with van der Waals surface area (Å²) in [4.78, 5) is 0. The van der Waals surface area contributed by atoms with Crippen LogP contribution in [0.1, 0.15) is 22.5 Å². The molecule has 1 aromatic heterocycles. The third kappa shape index (κ3) is 2.26. The Bertz CT molecular complexity index is 576. The lowest BCUT2D eigenvalue weighted by molar-refractivity contribution is 0.555. The lowest BCUT2D eigenvalue weighted by Gasteiger charge is -2.06. The van der Waals surface area contributed by atoms with Crippen LogP contribution in [0.15, 0.2) is 18.2 Å². The van der Waals surface area contributed by atoms with Crippen LogP contribution in [0, 0.1) is 25.5 Å². The number of nitrogens with two attached hydrogens (primary N) is 1. The predicted octanol–water partition coefficient (Wildman–Crippen LogP) is 2.29. The fraction of sp³-hybridized carbons (Fsp3) is 0.308. The van der Waals surface area contributed by atoms with Gasteiger partial charge < -0.3 is 5.73 Å². The van der Waals surface area contributed by atoms with E-state index in [-0.39, 0.29) is 6.54 Å². The van der Waals surface area contributed by atoms with Gasteiger partial charge in [0, 0.05) is 29.4 Å². The molecule has 1 aromatic carbocycles. The first-order valence-corrected chi connectivity index (χ1v) is 5.69. The topological polar surface area (TPSA) is 43.8 Å². The van der Waals surface area contributed by atoms with Gasteiger partial charge in [-0.05, 0) is 19.9 Å². The molecule has 0 aliphatic heterocycles. The van der Waals surface area contributed by atoms with E-state index in [0.717, 1.165) is 23.0 Å². The molecule has 2 rings (SSSR count). The van der Waals surface area contributed by atoms with Crippen LogP contribution in [0.25, 0.3) is 0 Å². The normalized spacial score (nSPS) is 10.9. The van der Waals surface area contributed by atoms with Gasteiger partial charge in [0.05, 0.1) is 12.2 Å². The summed E-state index contributed by atoms with van der Waals surface area (Å²) in [5, 5.41) is 4.32. The Labute approximate surface area is 104 Å². The van der Waals surface area contributed by atoms with E-state index in [4.69, 9.17) is 5.73 Å². The number of hydrogen-bond donors (Lipinski definition) is 1. The summed E-state index contributed by atoms with van der Waals surface area (Å²) in [5.41, 5.74) is 8.77. The first-order valence-electron chi connectivity index (χ1n) is 5.69. The van der Waals surface area contributed by atoms with Crippen molar-refractivity contribution in [3.8, 4) is 0 Å². The lowest BCUT2D eigenvalue weighted by atomic mass is 10.2. The zero-order chi connectivity index (χ0) is 13.3. The summed E-state index contributed by atoms with van der Waals surface area (Å²) < 4.78 is 28.0. The van der Waals surface area contributed by atoms with E-state index in [2.05, 4.69) is 5.10 Å². The minimum Gasteiger partial charge on any atom is -0.326 e. The molecule has 0 atom stereocenters. The molecule has 0 aliphatic rings. The van der Waals surface area contributed by atoms with Gasteiger partial charge in [-0.25, -0.2) is 8.78 Å². The average Bonchev–Trinajstić information content (AvgIpc) is 2.58. The molecule has 3 nitrogen and oxygen atoms in total. The highest BCUT2D eigenvalue weighted by atomic mass is 19.1. The fourth-order valence-electron chi connectivity index (χ4n) is 1.99. The molecule has 96 valence electrons. The number of halogens is 2. The monoisotopic (exact) mass is 251 g/mol. The van der Waals surface area contributed by atoms with Crippen LogP contribution >= 0.6 is 0 Å². The van der Waals surface area contributed by atoms with Crippen LogP contribution in [0.2, 0.25) is 0 Å². The third-order valence-corrected chi connectivity index (χ3v) is 3.07. The number of benzene rings is 1. The van der Waals surface area contributed by atoms with Crippen LogP contribution in [0.3, 0.4) is 0 Å². The van der Waals surface area contributed by atoms with E-state index in [9.17, 15) is 8.78 Å². The van der Waals surface area contributed by atoms with Crippen LogP contribution in [0.4, 0.5) is 8.78 Å². The molecule has 5 heteroatoms. The van der Waals surface area contributed by atoms with Crippen LogP contribution < -0.4 is 5.73 Å². The maximum Gasteiger partial charge on any atom is 0.131 e. The second-order valence-corrected chi connectivity index (χ2v) is 4.25. The lowest BCUT2D eigenvalue weighted by Crippen LogP contribution is -2.07. The van der Waals surface area contributed by atoms with E-state index in [1.165, 1.54) is 12.1 Å². The largest absolute Gasteiger partial charge is 0.326 e. The molecule has 0 spiro atoms. The van der Waals surface area contributed by atoms with Gasteiger partial charge in [0.15, 0.2) is 0 Å². The van der Waals surface area contributed by atoms with Gasteiger partial charge in [-0.2, -0.15) is 5.10 Å². The summed E-state index contributed by atoms with van der Waals surface area (Å²) >= 11 is 0. The molecule has 0 fully saturated rings. The van der Waals surface area contributed by atoms with Crippen molar-refractivity contribution in [2.45, 2.75) is 26.9 Å². The highest BCUT2D eigenvalue weighted by Gasteiger charge is 2.12. The Morgan fingerprint density at radius 3 is 2.56 bits per heavy atom. The second kappa shape index (κ2) is 4.86. The van der Waals surface area contributed by atoms with Crippen molar-refractivity contribution in [1.29, 1.82) is 0 Å². The van der Waals surface area contributed by atoms with Gasteiger partial charge in [-0.15, -0.1) is 0 Å². The van der Waals surface area contributed by atoms with E-state index in [1.807, 2.05) is 13.8 Å². The summed E-state index contributed by atoms with van der Waals surface area (Å²) in [6, 6.07) is 3.56. The molecule has 0 amide bonds. The van der Waals surface area contributed by atoms with Crippen LogP contribution in [-0.2, 0) is 13.1 Å². The minimum absolute atomic E-state index is 0.277. The third-order valence-electron chi connectivity index (χ3n) is 3.07. The van der Waals surface area contributed by atoms with Crippen molar-refractivity contribution >= 4 is 0 Å². The van der Waals surface area contributed by atoms with Crippen molar-refractivity contribution in [1.82, 2.24) is 9.78 Å². The van der Waals surface area contributed by atoms with Gasteiger partial charge >= 0.3 is 0 Å². The zero-order valence-electron chi connectivity index (χ0n) is 10.4. The Hall–Kier alpha value is -1.75. The standard InChI is InChI=1S/C13H15F2N3/c1-8-12(6-16)9(2)18(17-8)7-10-3-4-11(14)5-13(10)15/h3-5H,6-7,16H2,1-2H3. The Morgan fingerprint density at radius 1 is 1.28 bits per heavy atom. The molecule has 0 radical (unpaired) electrons. The molecule has 0 saturated carbocycles. The molecule has 2 N–H and O–H groups in total. The summed E-state index contributed by atoms with van der Waals surface area (Å²) in [7, 11) is 0. The minimum atomic E-state index is -0.577. The van der Waals surface area contributed by atoms with Gasteiger partial charge in [0.25, 0.3) is 0 Å². The van der Waals surface area contributed by atoms with Gasteiger partial charge in [-0.1, -0.05) is 6.07 Å². The summed E-state index contributed by atoms with van der Waals surface area (Å²) in [6.45, 7) is 4.44. The quantitative estimate of drug-likeness (QED) is 0.909. The van der Waals surface area contributed by atoms with Crippen molar-refractivity contribution < 1.29 is 8.78 Å². The van der Waals surface area contributed by atoms with E-state index in [1.54, 1.807) is 4.68 Å². The smallest absolute Gasteiger partial charge is 0.131 e. The van der Waals surface area contributed by atoms with E-state index >= 15 is 0 Å². The number of aryl methyl sites for hydroxylation is 1. The maximum atomic E-state index is 13.6. The fourth-order valence-corrected chi connectivity index (χ4v) is 1.99. The molecule has 0 bridgehead atoms. The molecule has 0 saturated heterocycles. The molecular weight excluding hydrogens is 236 g/mol. The highest BCUT2D eigenvalue weighted by Crippen LogP contribution is 2.16. The molecule has 0 aliphatic carbocycles. The summed E-state index contributed by atoms with van der Waals surface area (Å²) in [6.07, 6.45) is 0. The van der Waals surface area contributed by atoms with Gasteiger partial charge in [0.1, 0.15) is 11.6 Å². The molecular formula is C13H15F2N3. The van der Waals surface area contributed by atoms with Crippen molar-refractivity contribution in [2.24, 2.45) is 5.73 Å². The SMILES string of the molecule is Cc1nn(Cc2ccc(F)cc2F)c(C)c1CN. The van der Waals surface area contributed by atoms with E-state index in [0.29, 0.717) is 12.1 Å². The first kappa shape index (κ1) is 12.7. The molecule has 2 aromatic rings. The average molecular weight is 251 g/mol. The van der Waals surface area contributed by atoms with Crippen molar-refractivity contribution in [3.05, 3.63) is 52.3 Å². The molecule has 18 heavy (non-hydrogen) atoms. The number of rotatable bonds is 3. The van der Waals surface area contributed by atoms with Gasteiger partial charge in [0.2, 0.25) is 0 Å². The zero-order valence-corrected chi connectivity index (χ0v) is 10.4. The first-order chi connectivity index (χ1) is 8.52. The number of hydrogen-bond acceptors (Lipinski definition) is 2. The molecule has 0 unspecified atom stereocenters. The van der Waals surface area contributed by atoms with Crippen LogP contribution in [0.5, 0.6) is 0 Å². The Kier molecular flexibility index (Phi) is 3.43. The Balaban J connectivity index is 2.34. The van der Waals surface area contributed by atoms with Crippen molar-refractivity contribution in [3.63, 3.8) is 0 Å². The maximum absolute atomic E-state index is 13.6. The summed E-state index contributed by atoms with van der Waals surface area (Å²) in [5.74, 6) is -1.14. The van der Waals surface area contributed by atoms with E-state index < -0.39 is 11.6 Å². The van der Waals surface area contributed by atoms with Crippen molar-refractivity contribution in [2.75, 3.05) is 0 Å². The number of nitrogens with zero attached hydrogens (tertiary/aromatic N) is 2. The Morgan fingerprint density at radius 2 is 2.00 bits per heavy atom. The number of aromatic nitrogens is 2. The van der Waals surface area contributed by atoms with Gasteiger partial charge in [-0.3, -0.25) is 4.68 Å². The predicted molar refractivity (Wildman–Crippen MR) is 65.1 cm³/mol. The second-order valence-electron chi connectivity index (χ2n) is 4.25. The van der Waals surface area contributed by atoms with Crippen LogP contribution in [-0.4, -0.2) is 9.78 Å².